The van der Waals surface area contributed by atoms with E-state index in [-0.39, 0.29) is 0 Å². The van der Waals surface area contributed by atoms with E-state index >= 15 is 0 Å². The van der Waals surface area contributed by atoms with Crippen LogP contribution in [0.3, 0.4) is 0 Å². The van der Waals surface area contributed by atoms with Crippen LogP contribution in [0.1, 0.15) is 43.1 Å². The Balaban J connectivity index is 1.77. The van der Waals surface area contributed by atoms with E-state index in [0.29, 0.717) is 5.92 Å². The van der Waals surface area contributed by atoms with Crippen LogP contribution in [0.15, 0.2) is 12.3 Å². The molecular formula is C14H22N4. The SMILES string of the molecule is CNCc1ccnc(C2CC3CCC(C2)N3C)n1. The van der Waals surface area contributed by atoms with E-state index in [2.05, 4.69) is 22.2 Å². The van der Waals surface area contributed by atoms with Crippen molar-refractivity contribution in [1.29, 1.82) is 0 Å². The minimum atomic E-state index is 0.565. The summed E-state index contributed by atoms with van der Waals surface area (Å²) in [6, 6.07) is 3.51. The zero-order chi connectivity index (χ0) is 12.5. The molecule has 2 saturated heterocycles. The van der Waals surface area contributed by atoms with Crippen molar-refractivity contribution in [2.24, 2.45) is 0 Å². The predicted octanol–water partition coefficient (Wildman–Crippen LogP) is 1.54. The number of hydrogen-bond acceptors (Lipinski definition) is 4. The highest BCUT2D eigenvalue weighted by Crippen LogP contribution is 2.40. The molecule has 1 N–H and O–H groups in total. The van der Waals surface area contributed by atoms with Gasteiger partial charge in [0.2, 0.25) is 0 Å². The molecule has 0 saturated carbocycles. The Morgan fingerprint density at radius 1 is 1.33 bits per heavy atom. The molecule has 0 aromatic carbocycles. The van der Waals surface area contributed by atoms with Crippen LogP contribution in [-0.4, -0.2) is 41.0 Å². The molecule has 2 aliphatic rings. The smallest absolute Gasteiger partial charge is 0.131 e. The predicted molar refractivity (Wildman–Crippen MR) is 71.3 cm³/mol. The molecule has 1 aromatic rings. The normalized spacial score (nSPS) is 31.8. The zero-order valence-corrected chi connectivity index (χ0v) is 11.3. The Morgan fingerprint density at radius 2 is 2.06 bits per heavy atom. The third-order valence-electron chi connectivity index (χ3n) is 4.55. The van der Waals surface area contributed by atoms with Gasteiger partial charge in [-0.1, -0.05) is 0 Å². The van der Waals surface area contributed by atoms with E-state index in [1.54, 1.807) is 0 Å². The summed E-state index contributed by atoms with van der Waals surface area (Å²) >= 11 is 0. The Hall–Kier alpha value is -1.00. The number of fused-ring (bicyclic) bond motifs is 2. The van der Waals surface area contributed by atoms with Gasteiger partial charge in [0.05, 0.1) is 5.69 Å². The summed E-state index contributed by atoms with van der Waals surface area (Å²) in [5.74, 6) is 1.63. The van der Waals surface area contributed by atoms with Crippen molar-refractivity contribution in [3.63, 3.8) is 0 Å². The molecule has 1 aromatic heterocycles. The van der Waals surface area contributed by atoms with Crippen LogP contribution >= 0.6 is 0 Å². The van der Waals surface area contributed by atoms with Crippen molar-refractivity contribution in [3.05, 3.63) is 23.8 Å². The first kappa shape index (κ1) is 12.1. The zero-order valence-electron chi connectivity index (χ0n) is 11.3. The maximum atomic E-state index is 4.72. The van der Waals surface area contributed by atoms with E-state index in [4.69, 9.17) is 4.98 Å². The van der Waals surface area contributed by atoms with Crippen LogP contribution in [0, 0.1) is 0 Å². The Kier molecular flexibility index (Phi) is 3.31. The van der Waals surface area contributed by atoms with Crippen molar-refractivity contribution < 1.29 is 0 Å². The number of aromatic nitrogens is 2. The van der Waals surface area contributed by atoms with Crippen molar-refractivity contribution in [3.8, 4) is 0 Å². The number of piperidine rings is 1. The topological polar surface area (TPSA) is 41.1 Å². The van der Waals surface area contributed by atoms with E-state index in [0.717, 1.165) is 30.1 Å². The molecule has 0 radical (unpaired) electrons. The summed E-state index contributed by atoms with van der Waals surface area (Å²) < 4.78 is 0. The van der Waals surface area contributed by atoms with Gasteiger partial charge < -0.3 is 10.2 Å². The molecule has 2 aliphatic heterocycles. The summed E-state index contributed by atoms with van der Waals surface area (Å²) in [5, 5.41) is 3.15. The van der Waals surface area contributed by atoms with Crippen molar-refractivity contribution in [2.45, 2.75) is 50.2 Å². The highest BCUT2D eigenvalue weighted by atomic mass is 15.2. The largest absolute Gasteiger partial charge is 0.314 e. The second-order valence-electron chi connectivity index (χ2n) is 5.66. The van der Waals surface area contributed by atoms with Gasteiger partial charge in [0.1, 0.15) is 5.82 Å². The highest BCUT2D eigenvalue weighted by molar-refractivity contribution is 5.09. The van der Waals surface area contributed by atoms with E-state index in [9.17, 15) is 0 Å². The molecule has 0 amide bonds. The molecule has 4 nitrogen and oxygen atoms in total. The maximum absolute atomic E-state index is 4.72. The molecular weight excluding hydrogens is 224 g/mol. The summed E-state index contributed by atoms with van der Waals surface area (Å²) in [6.45, 7) is 0.828. The molecule has 2 atom stereocenters. The summed E-state index contributed by atoms with van der Waals surface area (Å²) in [4.78, 5) is 11.8. The first-order valence-electron chi connectivity index (χ1n) is 6.96. The van der Waals surface area contributed by atoms with Gasteiger partial charge in [0.25, 0.3) is 0 Å². The fourth-order valence-electron chi connectivity index (χ4n) is 3.51. The van der Waals surface area contributed by atoms with Gasteiger partial charge in [0, 0.05) is 30.7 Å². The van der Waals surface area contributed by atoms with E-state index in [1.165, 1.54) is 25.7 Å². The molecule has 0 aliphatic carbocycles. The molecule has 3 heterocycles. The number of nitrogens with one attached hydrogen (secondary N) is 1. The average molecular weight is 246 g/mol. The van der Waals surface area contributed by atoms with Crippen LogP contribution in [0.5, 0.6) is 0 Å². The van der Waals surface area contributed by atoms with Gasteiger partial charge in [-0.25, -0.2) is 9.97 Å². The maximum Gasteiger partial charge on any atom is 0.131 e. The van der Waals surface area contributed by atoms with Gasteiger partial charge in [0.15, 0.2) is 0 Å². The molecule has 0 spiro atoms. The molecule has 2 bridgehead atoms. The fourth-order valence-corrected chi connectivity index (χ4v) is 3.51. The minimum absolute atomic E-state index is 0.565. The van der Waals surface area contributed by atoms with Gasteiger partial charge >= 0.3 is 0 Å². The van der Waals surface area contributed by atoms with E-state index in [1.807, 2.05) is 19.3 Å². The Morgan fingerprint density at radius 3 is 2.72 bits per heavy atom. The van der Waals surface area contributed by atoms with Gasteiger partial charge in [-0.05, 0) is 45.8 Å². The number of nitrogens with zero attached hydrogens (tertiary/aromatic N) is 3. The molecule has 2 fully saturated rings. The van der Waals surface area contributed by atoms with Crippen LogP contribution in [-0.2, 0) is 6.54 Å². The minimum Gasteiger partial charge on any atom is -0.314 e. The Bertz CT molecular complexity index is 406. The highest BCUT2D eigenvalue weighted by Gasteiger charge is 2.39. The fraction of sp³-hybridized carbons (Fsp3) is 0.714. The van der Waals surface area contributed by atoms with Crippen LogP contribution in [0.2, 0.25) is 0 Å². The average Bonchev–Trinajstić information content (AvgIpc) is 2.63. The lowest BCUT2D eigenvalue weighted by molar-refractivity contribution is 0.158. The van der Waals surface area contributed by atoms with Crippen molar-refractivity contribution in [1.82, 2.24) is 20.2 Å². The molecule has 98 valence electrons. The van der Waals surface area contributed by atoms with Crippen molar-refractivity contribution >= 4 is 0 Å². The molecule has 2 unspecified atom stereocenters. The lowest BCUT2D eigenvalue weighted by atomic mass is 9.90. The van der Waals surface area contributed by atoms with Crippen LogP contribution in [0.25, 0.3) is 0 Å². The second-order valence-corrected chi connectivity index (χ2v) is 5.66. The first-order chi connectivity index (χ1) is 8.78. The second kappa shape index (κ2) is 4.94. The summed E-state index contributed by atoms with van der Waals surface area (Å²) in [5.41, 5.74) is 1.11. The number of rotatable bonds is 3. The third-order valence-corrected chi connectivity index (χ3v) is 4.55. The summed E-state index contributed by atoms with van der Waals surface area (Å²) in [6.07, 6.45) is 7.09. The van der Waals surface area contributed by atoms with Crippen LogP contribution in [0.4, 0.5) is 0 Å². The van der Waals surface area contributed by atoms with Crippen LogP contribution < -0.4 is 5.32 Å². The lowest BCUT2D eigenvalue weighted by Crippen LogP contribution is -2.39. The summed E-state index contributed by atoms with van der Waals surface area (Å²) in [7, 11) is 4.23. The Labute approximate surface area is 109 Å². The van der Waals surface area contributed by atoms with Crippen molar-refractivity contribution in [2.75, 3.05) is 14.1 Å². The molecule has 4 heteroatoms. The van der Waals surface area contributed by atoms with Gasteiger partial charge in [-0.3, -0.25) is 0 Å². The first-order valence-corrected chi connectivity index (χ1v) is 6.96. The molecule has 3 rings (SSSR count). The molecule has 18 heavy (non-hydrogen) atoms. The standard InChI is InChI=1S/C14H22N4/c1-15-9-11-5-6-16-14(17-11)10-7-12-3-4-13(8-10)18(12)2/h5-6,10,12-13,15H,3-4,7-9H2,1-2H3. The monoisotopic (exact) mass is 246 g/mol. The quantitative estimate of drug-likeness (QED) is 0.878. The lowest BCUT2D eigenvalue weighted by Gasteiger charge is -2.35. The third kappa shape index (κ3) is 2.15. The number of hydrogen-bond donors (Lipinski definition) is 1. The van der Waals surface area contributed by atoms with E-state index < -0.39 is 0 Å². The van der Waals surface area contributed by atoms with Gasteiger partial charge in [-0.2, -0.15) is 0 Å². The van der Waals surface area contributed by atoms with Gasteiger partial charge in [-0.15, -0.1) is 0 Å².